The van der Waals surface area contributed by atoms with E-state index in [1.165, 1.54) is 16.7 Å². The molecule has 5 rings (SSSR count). The Morgan fingerprint density at radius 3 is 2.44 bits per heavy atom. The van der Waals surface area contributed by atoms with Crippen molar-refractivity contribution in [2.45, 2.75) is 26.8 Å². The lowest BCUT2D eigenvalue weighted by Gasteiger charge is -2.37. The van der Waals surface area contributed by atoms with Crippen LogP contribution >= 0.6 is 34.8 Å². The number of hydrogen-bond donors (Lipinski definition) is 1. The zero-order valence-corrected chi connectivity index (χ0v) is 26.7. The fourth-order valence-electron chi connectivity index (χ4n) is 5.83. The summed E-state index contributed by atoms with van der Waals surface area (Å²) in [6, 6.07) is 2.85. The molecule has 45 heavy (non-hydrogen) atoms. The SMILES string of the molecule is C=CC(=O)N1CCN(c2c(C#N)c(=O)n(C3C(C(C)C)=NC=C[C@H]3C)c3nc(-c4c(Cl)c(O)c(F)c(F)c4Cl)c(Cl)cc23)CC1. The van der Waals surface area contributed by atoms with Crippen molar-refractivity contribution in [3.8, 4) is 23.1 Å². The van der Waals surface area contributed by atoms with E-state index in [0.717, 1.165) is 0 Å². The van der Waals surface area contributed by atoms with Gasteiger partial charge in [-0.3, -0.25) is 19.1 Å². The molecule has 0 spiro atoms. The van der Waals surface area contributed by atoms with Crippen LogP contribution in [0.2, 0.25) is 15.1 Å². The lowest BCUT2D eigenvalue weighted by Crippen LogP contribution is -2.49. The van der Waals surface area contributed by atoms with Crippen molar-refractivity contribution in [1.29, 1.82) is 5.26 Å². The van der Waals surface area contributed by atoms with Gasteiger partial charge in [0.2, 0.25) is 11.7 Å². The molecule has 234 valence electrons. The van der Waals surface area contributed by atoms with Crippen molar-refractivity contribution >= 4 is 63.1 Å². The number of fused-ring (bicyclic) bond motifs is 1. The molecule has 0 saturated carbocycles. The predicted molar refractivity (Wildman–Crippen MR) is 171 cm³/mol. The Labute approximate surface area is 272 Å². The van der Waals surface area contributed by atoms with Crippen LogP contribution in [0.3, 0.4) is 0 Å². The van der Waals surface area contributed by atoms with Crippen molar-refractivity contribution in [3.05, 3.63) is 73.6 Å². The number of piperazine rings is 1. The van der Waals surface area contributed by atoms with Gasteiger partial charge in [0.15, 0.2) is 11.6 Å². The predicted octanol–water partition coefficient (Wildman–Crippen LogP) is 6.52. The van der Waals surface area contributed by atoms with E-state index in [0.29, 0.717) is 24.2 Å². The number of phenolic OH excluding ortho intramolecular Hbond substituents is 1. The molecule has 0 aliphatic carbocycles. The second-order valence-corrected chi connectivity index (χ2v) is 12.2. The molecule has 0 radical (unpaired) electrons. The van der Waals surface area contributed by atoms with Gasteiger partial charge in [0.05, 0.1) is 32.5 Å². The molecule has 3 aromatic rings. The molecule has 14 heteroatoms. The summed E-state index contributed by atoms with van der Waals surface area (Å²) in [7, 11) is 0. The van der Waals surface area contributed by atoms with Gasteiger partial charge in [0.25, 0.3) is 5.56 Å². The summed E-state index contributed by atoms with van der Waals surface area (Å²) in [5, 5.41) is 19.4. The maximum atomic E-state index is 14.8. The lowest BCUT2D eigenvalue weighted by atomic mass is 9.88. The molecule has 2 aromatic heterocycles. The third-order valence-electron chi connectivity index (χ3n) is 8.06. The van der Waals surface area contributed by atoms with Gasteiger partial charge < -0.3 is 14.9 Å². The number of halogens is 5. The highest BCUT2D eigenvalue weighted by atomic mass is 35.5. The summed E-state index contributed by atoms with van der Waals surface area (Å²) >= 11 is 19.2. The summed E-state index contributed by atoms with van der Waals surface area (Å²) in [5.41, 5.74) is -0.457. The van der Waals surface area contributed by atoms with E-state index in [1.807, 2.05) is 31.7 Å². The van der Waals surface area contributed by atoms with Gasteiger partial charge in [-0.15, -0.1) is 0 Å². The van der Waals surface area contributed by atoms with Crippen molar-refractivity contribution in [3.63, 3.8) is 0 Å². The highest BCUT2D eigenvalue weighted by molar-refractivity contribution is 6.42. The van der Waals surface area contributed by atoms with Gasteiger partial charge in [0, 0.05) is 55.0 Å². The Morgan fingerprint density at radius 2 is 1.84 bits per heavy atom. The molecule has 4 heterocycles. The van der Waals surface area contributed by atoms with Gasteiger partial charge in [0.1, 0.15) is 17.3 Å². The second kappa shape index (κ2) is 12.4. The van der Waals surface area contributed by atoms with Crippen LogP contribution in [0, 0.1) is 34.8 Å². The van der Waals surface area contributed by atoms with E-state index in [1.54, 1.807) is 11.1 Å². The number of aromatic nitrogens is 2. The van der Waals surface area contributed by atoms with Crippen LogP contribution in [0.1, 0.15) is 32.4 Å². The Morgan fingerprint density at radius 1 is 1.18 bits per heavy atom. The van der Waals surface area contributed by atoms with Crippen LogP contribution < -0.4 is 10.5 Å². The molecule has 1 aromatic carbocycles. The average Bonchev–Trinajstić information content (AvgIpc) is 3.02. The molecule has 9 nitrogen and oxygen atoms in total. The fraction of sp³-hybridized carbons (Fsp3) is 0.323. The highest BCUT2D eigenvalue weighted by Gasteiger charge is 2.35. The quantitative estimate of drug-likeness (QED) is 0.187. The highest BCUT2D eigenvalue weighted by Crippen LogP contribution is 2.46. The zero-order valence-electron chi connectivity index (χ0n) is 24.4. The Kier molecular flexibility index (Phi) is 8.95. The third-order valence-corrected chi connectivity index (χ3v) is 9.07. The molecular weight excluding hydrogens is 649 g/mol. The topological polar surface area (TPSA) is 115 Å². The molecular formula is C31H27Cl3F2N6O3. The van der Waals surface area contributed by atoms with Crippen molar-refractivity contribution in [2.75, 3.05) is 31.1 Å². The molecule has 1 unspecified atom stereocenters. The van der Waals surface area contributed by atoms with Crippen LogP contribution in [-0.4, -0.2) is 57.4 Å². The summed E-state index contributed by atoms with van der Waals surface area (Å²) < 4.78 is 30.4. The number of phenols is 1. The van der Waals surface area contributed by atoms with Crippen LogP contribution in [0.25, 0.3) is 22.3 Å². The smallest absolute Gasteiger partial charge is 0.272 e. The number of nitrogens with zero attached hydrogens (tertiary/aromatic N) is 6. The Bertz CT molecular complexity index is 1900. The number of carbonyl (C=O) groups is 1. The van der Waals surface area contributed by atoms with Crippen molar-refractivity contribution < 1.29 is 18.7 Å². The van der Waals surface area contributed by atoms with E-state index >= 15 is 0 Å². The molecule has 1 saturated heterocycles. The second-order valence-electron chi connectivity index (χ2n) is 11.1. The number of rotatable bonds is 5. The first kappa shape index (κ1) is 32.4. The number of anilines is 1. The first-order valence-corrected chi connectivity index (χ1v) is 15.1. The van der Waals surface area contributed by atoms with Gasteiger partial charge in [-0.1, -0.05) is 68.2 Å². The number of amides is 1. The molecule has 0 bridgehead atoms. The number of carbonyl (C=O) groups excluding carboxylic acids is 1. The van der Waals surface area contributed by atoms with Gasteiger partial charge in [-0.2, -0.15) is 9.65 Å². The average molecular weight is 676 g/mol. The zero-order chi connectivity index (χ0) is 32.9. The Balaban J connectivity index is 1.88. The lowest BCUT2D eigenvalue weighted by molar-refractivity contribution is -0.126. The van der Waals surface area contributed by atoms with Gasteiger partial charge in [-0.05, 0) is 18.1 Å². The van der Waals surface area contributed by atoms with Crippen LogP contribution in [0.5, 0.6) is 5.75 Å². The molecule has 1 fully saturated rings. The minimum absolute atomic E-state index is 0.0508. The maximum absolute atomic E-state index is 14.8. The first-order valence-electron chi connectivity index (χ1n) is 14.0. The van der Waals surface area contributed by atoms with Crippen molar-refractivity contribution in [1.82, 2.24) is 14.5 Å². The van der Waals surface area contributed by atoms with E-state index in [2.05, 4.69) is 17.6 Å². The minimum atomic E-state index is -1.64. The number of aliphatic imine (C=N–C) groups is 1. The first-order chi connectivity index (χ1) is 21.3. The summed E-state index contributed by atoms with van der Waals surface area (Å²) in [6.07, 6.45) is 4.70. The van der Waals surface area contributed by atoms with Gasteiger partial charge in [-0.25, -0.2) is 9.37 Å². The monoisotopic (exact) mass is 674 g/mol. The maximum Gasteiger partial charge on any atom is 0.272 e. The summed E-state index contributed by atoms with van der Waals surface area (Å²) in [5.74, 6) is -5.00. The number of pyridine rings is 2. The van der Waals surface area contributed by atoms with Crippen molar-refractivity contribution in [2.24, 2.45) is 16.8 Å². The summed E-state index contributed by atoms with van der Waals surface area (Å²) in [4.78, 5) is 39.3. The van der Waals surface area contributed by atoms with Crippen LogP contribution in [0.15, 0.2) is 40.8 Å². The summed E-state index contributed by atoms with van der Waals surface area (Å²) in [6.45, 7) is 10.4. The molecule has 1 amide bonds. The standard InChI is InChI=1S/C31H27Cl3F2N6O3/c1-5-19(43)40-8-10-41(11-9-40)28-16-12-18(32)26(20-21(33)23(35)24(36)29(44)22(20)34)39-30(16)42(31(45)17(28)13-37)27-15(4)6-7-38-25(27)14(2)3/h5-7,12,14-15,27,44H,1,8-11H2,2-4H3/t15-,27?/m1/s1. The van der Waals surface area contributed by atoms with Crippen LogP contribution in [-0.2, 0) is 4.79 Å². The largest absolute Gasteiger partial charge is 0.504 e. The molecule has 1 N–H and O–H groups in total. The van der Waals surface area contributed by atoms with E-state index in [9.17, 15) is 28.7 Å². The number of nitriles is 1. The van der Waals surface area contributed by atoms with E-state index in [4.69, 9.17) is 39.8 Å². The van der Waals surface area contributed by atoms with Gasteiger partial charge >= 0.3 is 0 Å². The normalized spacial score (nSPS) is 18.4. The molecule has 2 aliphatic heterocycles. The van der Waals surface area contributed by atoms with Crippen LogP contribution in [0.4, 0.5) is 14.5 Å². The Hall–Kier alpha value is -3.98. The molecule has 2 aliphatic rings. The number of allylic oxidation sites excluding steroid dienone is 1. The number of hydrogen-bond acceptors (Lipinski definition) is 7. The minimum Gasteiger partial charge on any atom is -0.504 e. The fourth-order valence-corrected chi connectivity index (χ4v) is 6.66. The molecule has 2 atom stereocenters. The number of benzene rings is 1. The number of aromatic hydroxyl groups is 1. The van der Waals surface area contributed by atoms with E-state index in [-0.39, 0.29) is 64.0 Å². The third kappa shape index (κ3) is 5.35. The van der Waals surface area contributed by atoms with E-state index < -0.39 is 39.0 Å².